The molecule has 0 spiro atoms. The van der Waals surface area contributed by atoms with Gasteiger partial charge in [0.05, 0.1) is 23.5 Å². The Hall–Kier alpha value is -3.18. The van der Waals surface area contributed by atoms with Crippen LogP contribution in [0.25, 0.3) is 11.3 Å². The number of aliphatic hydroxyl groups excluding tert-OH is 1. The van der Waals surface area contributed by atoms with Crippen molar-refractivity contribution in [3.8, 4) is 11.3 Å². The van der Waals surface area contributed by atoms with Gasteiger partial charge < -0.3 is 15.7 Å². The van der Waals surface area contributed by atoms with Crippen LogP contribution in [0.2, 0.25) is 0 Å². The van der Waals surface area contributed by atoms with Gasteiger partial charge in [0.2, 0.25) is 0 Å². The maximum atomic E-state index is 12.9. The number of urea groups is 1. The molecule has 0 bridgehead atoms. The SMILES string of the molecule is Cc1cnc(-c2ccccc2)c(NC(=O)NC2c3ccccc3C(C)(C)C[C@H]2O)c1. The van der Waals surface area contributed by atoms with Crippen molar-refractivity contribution in [1.82, 2.24) is 10.3 Å². The molecule has 2 amide bonds. The number of aliphatic hydroxyl groups is 1. The quantitative estimate of drug-likeness (QED) is 0.581. The van der Waals surface area contributed by atoms with Crippen molar-refractivity contribution in [2.75, 3.05) is 5.32 Å². The molecular formula is C25H27N3O2. The highest BCUT2D eigenvalue weighted by Crippen LogP contribution is 2.41. The normalized spacial score (nSPS) is 19.6. The number of aryl methyl sites for hydroxylation is 1. The van der Waals surface area contributed by atoms with Crippen LogP contribution in [0.15, 0.2) is 66.9 Å². The zero-order chi connectivity index (χ0) is 21.3. The van der Waals surface area contributed by atoms with E-state index in [0.29, 0.717) is 17.8 Å². The number of nitrogens with zero attached hydrogens (tertiary/aromatic N) is 1. The van der Waals surface area contributed by atoms with Gasteiger partial charge in [-0.15, -0.1) is 0 Å². The predicted molar refractivity (Wildman–Crippen MR) is 119 cm³/mol. The zero-order valence-corrected chi connectivity index (χ0v) is 17.5. The second kappa shape index (κ2) is 7.92. The summed E-state index contributed by atoms with van der Waals surface area (Å²) in [5.41, 5.74) is 5.20. The molecule has 0 radical (unpaired) electrons. The predicted octanol–water partition coefficient (Wildman–Crippen LogP) is 4.96. The average molecular weight is 402 g/mol. The lowest BCUT2D eigenvalue weighted by molar-refractivity contribution is 0.0883. The van der Waals surface area contributed by atoms with E-state index in [9.17, 15) is 9.90 Å². The van der Waals surface area contributed by atoms with Crippen LogP contribution < -0.4 is 10.6 Å². The van der Waals surface area contributed by atoms with E-state index in [1.807, 2.05) is 61.5 Å². The first-order chi connectivity index (χ1) is 14.3. The molecule has 0 saturated carbocycles. The van der Waals surface area contributed by atoms with Crippen molar-refractivity contribution in [3.63, 3.8) is 0 Å². The van der Waals surface area contributed by atoms with Crippen molar-refractivity contribution in [2.24, 2.45) is 0 Å². The lowest BCUT2D eigenvalue weighted by Gasteiger charge is -2.40. The smallest absolute Gasteiger partial charge is 0.319 e. The van der Waals surface area contributed by atoms with Gasteiger partial charge in [0.1, 0.15) is 0 Å². The number of anilines is 1. The summed E-state index contributed by atoms with van der Waals surface area (Å²) < 4.78 is 0. The summed E-state index contributed by atoms with van der Waals surface area (Å²) in [6.07, 6.45) is 1.70. The summed E-state index contributed by atoms with van der Waals surface area (Å²) in [6.45, 7) is 6.18. The first kappa shape index (κ1) is 20.1. The molecule has 3 N–H and O–H groups in total. The first-order valence-electron chi connectivity index (χ1n) is 10.2. The maximum absolute atomic E-state index is 12.9. The van der Waals surface area contributed by atoms with Crippen LogP contribution in [0.3, 0.4) is 0 Å². The van der Waals surface area contributed by atoms with E-state index >= 15 is 0 Å². The third-order valence-corrected chi connectivity index (χ3v) is 5.74. The number of nitrogens with one attached hydrogen (secondary N) is 2. The van der Waals surface area contributed by atoms with Crippen molar-refractivity contribution < 1.29 is 9.90 Å². The van der Waals surface area contributed by atoms with Crippen molar-refractivity contribution >= 4 is 11.7 Å². The maximum Gasteiger partial charge on any atom is 0.319 e. The third-order valence-electron chi connectivity index (χ3n) is 5.74. The molecule has 5 heteroatoms. The summed E-state index contributed by atoms with van der Waals surface area (Å²) in [6, 6.07) is 18.8. The standard InChI is InChI=1S/C25H27N3O2/c1-16-13-20(22(26-15-16)17-9-5-4-6-10-17)27-24(30)28-23-18-11-7-8-12-19(18)25(2,3)14-21(23)29/h4-13,15,21,23,29H,14H2,1-3H3,(H2,27,28,30)/t21-,23?/m1/s1. The summed E-state index contributed by atoms with van der Waals surface area (Å²) in [5, 5.41) is 16.7. The van der Waals surface area contributed by atoms with Gasteiger partial charge in [-0.25, -0.2) is 4.79 Å². The lowest BCUT2D eigenvalue weighted by atomic mass is 9.70. The minimum Gasteiger partial charge on any atom is -0.391 e. The molecule has 1 aromatic heterocycles. The fourth-order valence-corrected chi connectivity index (χ4v) is 4.31. The van der Waals surface area contributed by atoms with Gasteiger partial charge in [-0.2, -0.15) is 0 Å². The number of pyridine rings is 1. The van der Waals surface area contributed by atoms with Gasteiger partial charge in [-0.3, -0.25) is 4.98 Å². The highest BCUT2D eigenvalue weighted by atomic mass is 16.3. The van der Waals surface area contributed by atoms with Crippen LogP contribution >= 0.6 is 0 Å². The molecule has 154 valence electrons. The molecule has 1 unspecified atom stereocenters. The largest absolute Gasteiger partial charge is 0.391 e. The Balaban J connectivity index is 1.60. The molecule has 0 saturated heterocycles. The van der Waals surface area contributed by atoms with Gasteiger partial charge in [-0.05, 0) is 41.5 Å². The second-order valence-electron chi connectivity index (χ2n) is 8.59. The van der Waals surface area contributed by atoms with E-state index in [-0.39, 0.29) is 11.4 Å². The van der Waals surface area contributed by atoms with Gasteiger partial charge >= 0.3 is 6.03 Å². The Morgan fingerprint density at radius 2 is 1.80 bits per heavy atom. The van der Waals surface area contributed by atoms with Crippen LogP contribution in [0.5, 0.6) is 0 Å². The van der Waals surface area contributed by atoms with Gasteiger partial charge in [-0.1, -0.05) is 68.4 Å². The average Bonchev–Trinajstić information content (AvgIpc) is 2.72. The van der Waals surface area contributed by atoms with Crippen molar-refractivity contribution in [3.05, 3.63) is 83.6 Å². The Kier molecular flexibility index (Phi) is 5.31. The fourth-order valence-electron chi connectivity index (χ4n) is 4.31. The Morgan fingerprint density at radius 3 is 2.57 bits per heavy atom. The molecule has 5 nitrogen and oxygen atoms in total. The van der Waals surface area contributed by atoms with Crippen LogP contribution in [-0.4, -0.2) is 22.2 Å². The Morgan fingerprint density at radius 1 is 1.10 bits per heavy atom. The van der Waals surface area contributed by atoms with Gasteiger partial charge in [0.15, 0.2) is 0 Å². The molecule has 1 aliphatic rings. The van der Waals surface area contributed by atoms with Crippen molar-refractivity contribution in [2.45, 2.75) is 44.8 Å². The highest BCUT2D eigenvalue weighted by molar-refractivity contribution is 5.94. The summed E-state index contributed by atoms with van der Waals surface area (Å²) in [7, 11) is 0. The summed E-state index contributed by atoms with van der Waals surface area (Å²) in [4.78, 5) is 17.5. The Labute approximate surface area is 177 Å². The molecular weight excluding hydrogens is 374 g/mol. The van der Waals surface area contributed by atoms with Crippen LogP contribution in [0.1, 0.15) is 43.0 Å². The van der Waals surface area contributed by atoms with Gasteiger partial charge in [0, 0.05) is 11.8 Å². The van der Waals surface area contributed by atoms with E-state index in [1.54, 1.807) is 6.20 Å². The molecule has 30 heavy (non-hydrogen) atoms. The molecule has 0 fully saturated rings. The monoisotopic (exact) mass is 401 g/mol. The van der Waals surface area contributed by atoms with Crippen molar-refractivity contribution in [1.29, 1.82) is 0 Å². The molecule has 4 rings (SSSR count). The second-order valence-corrected chi connectivity index (χ2v) is 8.59. The lowest BCUT2D eigenvalue weighted by Crippen LogP contribution is -2.45. The Bertz CT molecular complexity index is 1060. The van der Waals surface area contributed by atoms with E-state index in [1.165, 1.54) is 0 Å². The minimum absolute atomic E-state index is 0.147. The number of aromatic nitrogens is 1. The number of carbonyl (C=O) groups excluding carboxylic acids is 1. The van der Waals surface area contributed by atoms with Gasteiger partial charge in [0.25, 0.3) is 0 Å². The molecule has 1 aliphatic carbocycles. The summed E-state index contributed by atoms with van der Waals surface area (Å²) in [5.74, 6) is 0. The minimum atomic E-state index is -0.662. The van der Waals surface area contributed by atoms with E-state index in [4.69, 9.17) is 0 Å². The van der Waals surface area contributed by atoms with Crippen LogP contribution in [-0.2, 0) is 5.41 Å². The zero-order valence-electron chi connectivity index (χ0n) is 17.5. The molecule has 1 heterocycles. The molecule has 2 atom stereocenters. The molecule has 2 aromatic carbocycles. The van der Waals surface area contributed by atoms with Crippen LogP contribution in [0, 0.1) is 6.92 Å². The number of carbonyl (C=O) groups is 1. The van der Waals surface area contributed by atoms with Crippen LogP contribution in [0.4, 0.5) is 10.5 Å². The molecule has 0 aliphatic heterocycles. The number of rotatable bonds is 3. The molecule has 3 aromatic rings. The number of hydrogen-bond donors (Lipinski definition) is 3. The first-order valence-corrected chi connectivity index (χ1v) is 10.2. The highest BCUT2D eigenvalue weighted by Gasteiger charge is 2.39. The van der Waals surface area contributed by atoms with E-state index < -0.39 is 12.1 Å². The van der Waals surface area contributed by atoms with E-state index in [0.717, 1.165) is 22.3 Å². The fraction of sp³-hybridized carbons (Fsp3) is 0.280. The number of hydrogen-bond acceptors (Lipinski definition) is 3. The third kappa shape index (κ3) is 3.94. The number of fused-ring (bicyclic) bond motifs is 1. The number of benzene rings is 2. The van der Waals surface area contributed by atoms with E-state index in [2.05, 4.69) is 35.5 Å². The summed E-state index contributed by atoms with van der Waals surface area (Å²) >= 11 is 0. The number of amides is 2. The topological polar surface area (TPSA) is 74.2 Å².